The monoisotopic (exact) mass is 586 g/mol. The van der Waals surface area contributed by atoms with Gasteiger partial charge in [-0.2, -0.15) is 0 Å². The number of hydrogen-bond donors (Lipinski definition) is 4. The van der Waals surface area contributed by atoms with Crippen molar-refractivity contribution >= 4 is 34.5 Å². The normalized spacial score (nSPS) is 14.0. The van der Waals surface area contributed by atoms with Crippen LogP contribution < -0.4 is 26.4 Å². The van der Waals surface area contributed by atoms with E-state index >= 15 is 0 Å². The lowest BCUT2D eigenvalue weighted by molar-refractivity contribution is -0.121. The Morgan fingerprint density at radius 1 is 1.05 bits per heavy atom. The van der Waals surface area contributed by atoms with Crippen LogP contribution in [-0.4, -0.2) is 72.1 Å². The number of carbonyl (C=O) groups excluding carboxylic acids is 2. The first-order valence-corrected chi connectivity index (χ1v) is 14.1. The molecule has 1 aromatic heterocycles. The van der Waals surface area contributed by atoms with Crippen LogP contribution in [0.5, 0.6) is 5.75 Å². The average Bonchev–Trinajstić information content (AvgIpc) is 3.39. The molecular formula is C31H35FN8O3. The van der Waals surface area contributed by atoms with Gasteiger partial charge in [-0.1, -0.05) is 12.1 Å². The molecule has 1 atom stereocenters. The van der Waals surface area contributed by atoms with Crippen molar-refractivity contribution in [1.29, 1.82) is 5.41 Å². The summed E-state index contributed by atoms with van der Waals surface area (Å²) in [6.07, 6.45) is 0.919. The zero-order valence-corrected chi connectivity index (χ0v) is 23.9. The number of halogens is 1. The lowest BCUT2D eigenvalue weighted by atomic mass is 10.1. The Balaban J connectivity index is 1.44. The molecule has 43 heavy (non-hydrogen) atoms. The van der Waals surface area contributed by atoms with Crippen molar-refractivity contribution in [1.82, 2.24) is 19.8 Å². The zero-order valence-electron chi connectivity index (χ0n) is 23.9. The van der Waals surface area contributed by atoms with Gasteiger partial charge in [0, 0.05) is 49.5 Å². The van der Waals surface area contributed by atoms with Crippen molar-refractivity contribution in [2.24, 2.45) is 11.5 Å². The van der Waals surface area contributed by atoms with Crippen LogP contribution in [0.2, 0.25) is 0 Å². The molecule has 5 rings (SSSR count). The van der Waals surface area contributed by atoms with Crippen LogP contribution in [0.3, 0.4) is 0 Å². The van der Waals surface area contributed by atoms with E-state index in [0.717, 1.165) is 11.3 Å². The number of fused-ring (bicyclic) bond motifs is 1. The number of imidazole rings is 1. The summed E-state index contributed by atoms with van der Waals surface area (Å²) in [7, 11) is 1.58. The number of nitrogens with zero attached hydrogens (tertiary/aromatic N) is 4. The molecular weight excluding hydrogens is 551 g/mol. The maximum absolute atomic E-state index is 13.5. The van der Waals surface area contributed by atoms with Gasteiger partial charge in [0.1, 0.15) is 23.4 Å². The van der Waals surface area contributed by atoms with Gasteiger partial charge in [0.25, 0.3) is 5.91 Å². The van der Waals surface area contributed by atoms with Crippen LogP contribution >= 0.6 is 0 Å². The fourth-order valence-corrected chi connectivity index (χ4v) is 5.43. The van der Waals surface area contributed by atoms with Gasteiger partial charge in [0.15, 0.2) is 5.96 Å². The molecule has 2 heterocycles. The Labute approximate surface area is 248 Å². The molecule has 2 amide bonds. The Kier molecular flexibility index (Phi) is 8.74. The minimum absolute atomic E-state index is 0.111. The molecule has 1 saturated heterocycles. The highest BCUT2D eigenvalue weighted by Crippen LogP contribution is 2.33. The molecule has 0 unspecified atom stereocenters. The number of primary amides is 1. The molecule has 0 spiro atoms. The van der Waals surface area contributed by atoms with Crippen molar-refractivity contribution in [2.45, 2.75) is 18.9 Å². The lowest BCUT2D eigenvalue weighted by Crippen LogP contribution is -2.48. The lowest BCUT2D eigenvalue weighted by Gasteiger charge is -2.36. The summed E-state index contributed by atoms with van der Waals surface area (Å²) in [5.74, 6) is 0.0973. The first-order valence-electron chi connectivity index (χ1n) is 14.1. The van der Waals surface area contributed by atoms with E-state index in [4.69, 9.17) is 26.6 Å². The van der Waals surface area contributed by atoms with Crippen molar-refractivity contribution in [3.8, 4) is 17.1 Å². The maximum atomic E-state index is 13.5. The van der Waals surface area contributed by atoms with Gasteiger partial charge >= 0.3 is 0 Å². The highest BCUT2D eigenvalue weighted by atomic mass is 19.1. The Morgan fingerprint density at radius 3 is 2.47 bits per heavy atom. The van der Waals surface area contributed by atoms with E-state index in [9.17, 15) is 14.0 Å². The van der Waals surface area contributed by atoms with E-state index in [-0.39, 0.29) is 17.7 Å². The number of amides is 2. The van der Waals surface area contributed by atoms with Crippen LogP contribution in [0.25, 0.3) is 22.4 Å². The van der Waals surface area contributed by atoms with Crippen LogP contribution in [-0.2, 0) is 4.79 Å². The van der Waals surface area contributed by atoms with Gasteiger partial charge in [-0.15, -0.1) is 0 Å². The number of rotatable bonds is 10. The predicted molar refractivity (Wildman–Crippen MR) is 164 cm³/mol. The van der Waals surface area contributed by atoms with Gasteiger partial charge in [0.05, 0.1) is 18.1 Å². The molecule has 0 saturated carbocycles. The van der Waals surface area contributed by atoms with Crippen LogP contribution in [0.4, 0.5) is 10.1 Å². The first-order chi connectivity index (χ1) is 20.7. The third kappa shape index (κ3) is 6.53. The summed E-state index contributed by atoms with van der Waals surface area (Å²) in [4.78, 5) is 35.1. The molecule has 11 nitrogen and oxygen atoms in total. The predicted octanol–water partition coefficient (Wildman–Crippen LogP) is 3.10. The summed E-state index contributed by atoms with van der Waals surface area (Å²) in [6, 6.07) is 18.3. The Bertz CT molecular complexity index is 1630. The van der Waals surface area contributed by atoms with Crippen LogP contribution in [0.1, 0.15) is 29.2 Å². The number of carbonyl (C=O) groups is 2. The number of methoxy groups -OCH3 is 1. The second kappa shape index (κ2) is 12.8. The molecule has 6 N–H and O–H groups in total. The highest BCUT2D eigenvalue weighted by Gasteiger charge is 2.27. The fourth-order valence-electron chi connectivity index (χ4n) is 5.43. The molecule has 0 aliphatic carbocycles. The SMILES string of the molecule is COc1cccc(-c2nc3cc(C(=O)N4CCN(c5ccc(F)cc5)CC4)ccc3n2[C@@H](CCCNC(=N)N)C(N)=O)c1. The third-order valence-corrected chi connectivity index (χ3v) is 7.63. The van der Waals surface area contributed by atoms with Gasteiger partial charge in [0.2, 0.25) is 5.91 Å². The number of piperazine rings is 1. The minimum Gasteiger partial charge on any atom is -0.497 e. The summed E-state index contributed by atoms with van der Waals surface area (Å²) in [5, 5.41) is 10.1. The van der Waals surface area contributed by atoms with Crippen molar-refractivity contribution in [3.63, 3.8) is 0 Å². The molecule has 3 aromatic carbocycles. The van der Waals surface area contributed by atoms with Gasteiger partial charge in [-0.05, 0) is 67.4 Å². The summed E-state index contributed by atoms with van der Waals surface area (Å²) in [6.45, 7) is 2.72. The molecule has 224 valence electrons. The Morgan fingerprint density at radius 2 is 1.79 bits per heavy atom. The van der Waals surface area contributed by atoms with Gasteiger partial charge in [-0.3, -0.25) is 15.0 Å². The quantitative estimate of drug-likeness (QED) is 0.126. The van der Waals surface area contributed by atoms with E-state index in [0.29, 0.717) is 73.7 Å². The van der Waals surface area contributed by atoms with Crippen LogP contribution in [0, 0.1) is 11.2 Å². The maximum Gasteiger partial charge on any atom is 0.254 e. The minimum atomic E-state index is -0.735. The van der Waals surface area contributed by atoms with E-state index in [1.807, 2.05) is 28.8 Å². The molecule has 1 fully saturated rings. The molecule has 0 bridgehead atoms. The van der Waals surface area contributed by atoms with Crippen LogP contribution in [0.15, 0.2) is 66.7 Å². The first kappa shape index (κ1) is 29.4. The molecule has 12 heteroatoms. The number of guanidine groups is 1. The molecule has 0 radical (unpaired) electrons. The third-order valence-electron chi connectivity index (χ3n) is 7.63. The number of hydrogen-bond acceptors (Lipinski definition) is 6. The molecule has 4 aromatic rings. The van der Waals surface area contributed by atoms with E-state index < -0.39 is 11.9 Å². The standard InChI is InChI=1S/C31H35FN8O3/c1-43-24-5-2-4-20(18-24)29-37-25-19-21(7-12-26(25)40(29)27(28(33)41)6-3-13-36-31(34)35)30(42)39-16-14-38(15-17-39)23-10-8-22(32)9-11-23/h2,4-5,7-12,18-19,27H,3,6,13-17H2,1H3,(H2,33,41)(H4,34,35,36)/t27-/m0/s1. The van der Waals surface area contributed by atoms with E-state index in [2.05, 4.69) is 10.2 Å². The highest BCUT2D eigenvalue weighted by molar-refractivity contribution is 5.98. The van der Waals surface area contributed by atoms with Crippen molar-refractivity contribution < 1.29 is 18.7 Å². The number of ether oxygens (including phenoxy) is 1. The number of benzene rings is 3. The van der Waals surface area contributed by atoms with Gasteiger partial charge < -0.3 is 35.9 Å². The Hall–Kier alpha value is -5.13. The number of anilines is 1. The molecule has 1 aliphatic heterocycles. The topological polar surface area (TPSA) is 156 Å². The summed E-state index contributed by atoms with van der Waals surface area (Å²) >= 11 is 0. The van der Waals surface area contributed by atoms with Crippen molar-refractivity contribution in [2.75, 3.05) is 44.7 Å². The summed E-state index contributed by atoms with van der Waals surface area (Å²) < 4.78 is 20.6. The largest absolute Gasteiger partial charge is 0.497 e. The van der Waals surface area contributed by atoms with Crippen molar-refractivity contribution in [3.05, 3.63) is 78.1 Å². The smallest absolute Gasteiger partial charge is 0.254 e. The number of nitrogens with one attached hydrogen (secondary N) is 2. The zero-order chi connectivity index (χ0) is 30.5. The average molecular weight is 587 g/mol. The number of nitrogens with two attached hydrogens (primary N) is 2. The second-order valence-corrected chi connectivity index (χ2v) is 10.4. The fraction of sp³-hybridized carbons (Fsp3) is 0.290. The van der Waals surface area contributed by atoms with E-state index in [1.165, 1.54) is 12.1 Å². The van der Waals surface area contributed by atoms with E-state index in [1.54, 1.807) is 42.3 Å². The summed E-state index contributed by atoms with van der Waals surface area (Å²) in [5.41, 5.74) is 14.7. The van der Waals surface area contributed by atoms with Gasteiger partial charge in [-0.25, -0.2) is 9.37 Å². The molecule has 1 aliphatic rings. The second-order valence-electron chi connectivity index (χ2n) is 10.4. The number of aromatic nitrogens is 2.